The lowest BCUT2D eigenvalue weighted by atomic mass is 9.85. The summed E-state index contributed by atoms with van der Waals surface area (Å²) in [6.07, 6.45) is 9.12. The maximum atomic E-state index is 12.4. The molecular weight excluding hydrogens is 382 g/mol. The van der Waals surface area contributed by atoms with Crippen LogP contribution < -0.4 is 10.6 Å². The lowest BCUT2D eigenvalue weighted by Crippen LogP contribution is -2.30. The first-order valence-electron chi connectivity index (χ1n) is 11.5. The molecule has 1 aliphatic rings. The molecule has 4 heteroatoms. The standard InChI is InChI=1S/C27H37N3O/c1-16(2)29-27(31)17(3)14-24-18(4)20(6)26(21(7)19(24)5)22-12-13-25(28-15-22)30-23-10-8-9-11-23/h12-16,23H,8-11H2,1-7H3,(H,28,30)(H,29,31). The molecule has 0 spiro atoms. The number of amides is 1. The van der Waals surface area contributed by atoms with Gasteiger partial charge in [-0.05, 0) is 113 Å². The zero-order valence-corrected chi connectivity index (χ0v) is 20.1. The minimum Gasteiger partial charge on any atom is -0.367 e. The molecule has 0 radical (unpaired) electrons. The van der Waals surface area contributed by atoms with Crippen molar-refractivity contribution in [3.8, 4) is 11.1 Å². The van der Waals surface area contributed by atoms with Crippen molar-refractivity contribution in [3.05, 3.63) is 51.7 Å². The van der Waals surface area contributed by atoms with E-state index in [2.05, 4.69) is 50.5 Å². The second-order valence-corrected chi connectivity index (χ2v) is 9.30. The third-order valence-corrected chi connectivity index (χ3v) is 6.58. The number of carbonyl (C=O) groups excluding carboxylic acids is 1. The van der Waals surface area contributed by atoms with Crippen molar-refractivity contribution in [2.24, 2.45) is 0 Å². The molecule has 166 valence electrons. The second kappa shape index (κ2) is 9.67. The monoisotopic (exact) mass is 419 g/mol. The largest absolute Gasteiger partial charge is 0.367 e. The van der Waals surface area contributed by atoms with Gasteiger partial charge in [0.1, 0.15) is 5.82 Å². The summed E-state index contributed by atoms with van der Waals surface area (Å²) in [7, 11) is 0. The van der Waals surface area contributed by atoms with Gasteiger partial charge in [-0.3, -0.25) is 4.79 Å². The molecule has 1 aromatic carbocycles. The molecule has 2 aromatic rings. The number of benzene rings is 1. The van der Waals surface area contributed by atoms with Crippen LogP contribution in [0, 0.1) is 27.7 Å². The van der Waals surface area contributed by atoms with E-state index in [9.17, 15) is 4.79 Å². The van der Waals surface area contributed by atoms with Crippen molar-refractivity contribution in [2.45, 2.75) is 86.2 Å². The minimum absolute atomic E-state index is 0.0114. The van der Waals surface area contributed by atoms with Crippen LogP contribution in [0.1, 0.15) is 74.3 Å². The van der Waals surface area contributed by atoms with E-state index >= 15 is 0 Å². The summed E-state index contributed by atoms with van der Waals surface area (Å²) < 4.78 is 0. The van der Waals surface area contributed by atoms with Gasteiger partial charge >= 0.3 is 0 Å². The predicted molar refractivity (Wildman–Crippen MR) is 131 cm³/mol. The Morgan fingerprint density at radius 3 is 2.16 bits per heavy atom. The molecule has 1 fully saturated rings. The fourth-order valence-electron chi connectivity index (χ4n) is 4.56. The second-order valence-electron chi connectivity index (χ2n) is 9.30. The first-order chi connectivity index (χ1) is 14.7. The maximum Gasteiger partial charge on any atom is 0.247 e. The molecule has 1 heterocycles. The Balaban J connectivity index is 1.93. The highest BCUT2D eigenvalue weighted by Gasteiger charge is 2.18. The minimum atomic E-state index is -0.0114. The van der Waals surface area contributed by atoms with Gasteiger partial charge in [0.2, 0.25) is 5.91 Å². The molecule has 4 nitrogen and oxygen atoms in total. The molecule has 3 rings (SSSR count). The number of hydrogen-bond acceptors (Lipinski definition) is 3. The Bertz CT molecular complexity index is 952. The number of nitrogens with zero attached hydrogens (tertiary/aromatic N) is 1. The van der Waals surface area contributed by atoms with Gasteiger partial charge < -0.3 is 10.6 Å². The van der Waals surface area contributed by atoms with Crippen LogP contribution in [0.4, 0.5) is 5.82 Å². The van der Waals surface area contributed by atoms with Crippen LogP contribution in [0.15, 0.2) is 23.9 Å². The van der Waals surface area contributed by atoms with E-state index < -0.39 is 0 Å². The van der Waals surface area contributed by atoms with Crippen molar-refractivity contribution < 1.29 is 4.79 Å². The lowest BCUT2D eigenvalue weighted by Gasteiger charge is -2.20. The highest BCUT2D eigenvalue weighted by Crippen LogP contribution is 2.35. The van der Waals surface area contributed by atoms with E-state index in [4.69, 9.17) is 4.98 Å². The third kappa shape index (κ3) is 5.17. The molecule has 1 saturated carbocycles. The summed E-state index contributed by atoms with van der Waals surface area (Å²) in [5.41, 5.74) is 9.16. The molecule has 0 aliphatic heterocycles. The number of carbonyl (C=O) groups is 1. The fourth-order valence-corrected chi connectivity index (χ4v) is 4.56. The van der Waals surface area contributed by atoms with Crippen molar-refractivity contribution >= 4 is 17.8 Å². The van der Waals surface area contributed by atoms with Crippen molar-refractivity contribution in [2.75, 3.05) is 5.32 Å². The quantitative estimate of drug-likeness (QED) is 0.543. The van der Waals surface area contributed by atoms with Gasteiger partial charge in [-0.25, -0.2) is 4.98 Å². The van der Waals surface area contributed by atoms with Crippen molar-refractivity contribution in [1.29, 1.82) is 0 Å². The highest BCUT2D eigenvalue weighted by molar-refractivity contribution is 5.98. The van der Waals surface area contributed by atoms with Crippen LogP contribution in [0.2, 0.25) is 0 Å². The average Bonchev–Trinajstić information content (AvgIpc) is 3.23. The molecule has 0 unspecified atom stereocenters. The van der Waals surface area contributed by atoms with Crippen LogP contribution in [-0.4, -0.2) is 23.0 Å². The van der Waals surface area contributed by atoms with Gasteiger partial charge in [0, 0.05) is 29.4 Å². The highest BCUT2D eigenvalue weighted by atomic mass is 16.1. The van der Waals surface area contributed by atoms with Crippen LogP contribution in [0.25, 0.3) is 17.2 Å². The van der Waals surface area contributed by atoms with E-state index in [0.717, 1.165) is 22.5 Å². The van der Waals surface area contributed by atoms with Gasteiger partial charge in [0.15, 0.2) is 0 Å². The van der Waals surface area contributed by atoms with Gasteiger partial charge in [0.05, 0.1) is 0 Å². The summed E-state index contributed by atoms with van der Waals surface area (Å²) in [6, 6.07) is 4.97. The Morgan fingerprint density at radius 1 is 1.03 bits per heavy atom. The zero-order chi connectivity index (χ0) is 22.7. The summed E-state index contributed by atoms with van der Waals surface area (Å²) in [6.45, 7) is 14.5. The molecule has 0 bridgehead atoms. The third-order valence-electron chi connectivity index (χ3n) is 6.58. The number of nitrogens with one attached hydrogen (secondary N) is 2. The van der Waals surface area contributed by atoms with Crippen molar-refractivity contribution in [3.63, 3.8) is 0 Å². The Labute approximate surface area is 187 Å². The molecule has 1 aliphatic carbocycles. The normalized spacial score (nSPS) is 14.9. The number of pyridine rings is 1. The van der Waals surface area contributed by atoms with Crippen LogP contribution in [0.3, 0.4) is 0 Å². The van der Waals surface area contributed by atoms with E-state index in [1.165, 1.54) is 53.5 Å². The summed E-state index contributed by atoms with van der Waals surface area (Å²) in [5.74, 6) is 0.952. The number of anilines is 1. The number of rotatable bonds is 6. The maximum absolute atomic E-state index is 12.4. The summed E-state index contributed by atoms with van der Waals surface area (Å²) in [5, 5.41) is 6.55. The van der Waals surface area contributed by atoms with E-state index in [1.807, 2.05) is 33.0 Å². The number of aromatic nitrogens is 1. The van der Waals surface area contributed by atoms with Crippen LogP contribution >= 0.6 is 0 Å². The van der Waals surface area contributed by atoms with Crippen molar-refractivity contribution in [1.82, 2.24) is 10.3 Å². The van der Waals surface area contributed by atoms with E-state index in [1.54, 1.807) is 0 Å². The van der Waals surface area contributed by atoms with Gasteiger partial charge in [-0.2, -0.15) is 0 Å². The first kappa shape index (κ1) is 23.1. The lowest BCUT2D eigenvalue weighted by molar-refractivity contribution is -0.117. The van der Waals surface area contributed by atoms with Gasteiger partial charge in [-0.1, -0.05) is 12.8 Å². The Morgan fingerprint density at radius 2 is 1.65 bits per heavy atom. The summed E-state index contributed by atoms with van der Waals surface area (Å²) >= 11 is 0. The molecule has 0 atom stereocenters. The average molecular weight is 420 g/mol. The molecule has 1 aromatic heterocycles. The fraction of sp³-hybridized carbons (Fsp3) is 0.481. The predicted octanol–water partition coefficient (Wildman–Crippen LogP) is 6.26. The topological polar surface area (TPSA) is 54.0 Å². The van der Waals surface area contributed by atoms with E-state index in [-0.39, 0.29) is 11.9 Å². The molecule has 2 N–H and O–H groups in total. The number of hydrogen-bond donors (Lipinski definition) is 2. The molecule has 1 amide bonds. The smallest absolute Gasteiger partial charge is 0.247 e. The Hall–Kier alpha value is -2.62. The first-order valence-corrected chi connectivity index (χ1v) is 11.5. The molecule has 31 heavy (non-hydrogen) atoms. The van der Waals surface area contributed by atoms with Gasteiger partial charge in [0.25, 0.3) is 0 Å². The molecular formula is C27H37N3O. The van der Waals surface area contributed by atoms with E-state index in [0.29, 0.717) is 6.04 Å². The van der Waals surface area contributed by atoms with Crippen LogP contribution in [0.5, 0.6) is 0 Å². The molecule has 0 saturated heterocycles. The Kier molecular flexibility index (Phi) is 7.19. The zero-order valence-electron chi connectivity index (χ0n) is 20.1. The SMILES string of the molecule is CC(=Cc1c(C)c(C)c(-c2ccc(NC3CCCC3)nc2)c(C)c1C)C(=O)NC(C)C. The van der Waals surface area contributed by atoms with Gasteiger partial charge in [-0.15, -0.1) is 0 Å². The summed E-state index contributed by atoms with van der Waals surface area (Å²) in [4.78, 5) is 17.1. The van der Waals surface area contributed by atoms with Crippen LogP contribution in [-0.2, 0) is 4.79 Å².